The Hall–Kier alpha value is -4.10. The fourth-order valence-electron chi connectivity index (χ4n) is 3.40. The fourth-order valence-corrected chi connectivity index (χ4v) is 3.40. The van der Waals surface area contributed by atoms with E-state index in [0.717, 1.165) is 28.0 Å². The third-order valence-electron chi connectivity index (χ3n) is 5.05. The van der Waals surface area contributed by atoms with Crippen LogP contribution in [0.15, 0.2) is 61.2 Å². The van der Waals surface area contributed by atoms with Gasteiger partial charge in [-0.05, 0) is 18.0 Å². The fraction of sp³-hybridized carbons (Fsp3) is 0.0870. The molecular weight excluding hydrogens is 695 g/mol. The zero-order valence-corrected chi connectivity index (χ0v) is 21.0. The second kappa shape index (κ2) is 10.3. The number of nitrogens with one attached hydrogen (secondary N) is 2. The van der Waals surface area contributed by atoms with Gasteiger partial charge in [-0.2, -0.15) is 26.3 Å². The van der Waals surface area contributed by atoms with E-state index < -0.39 is 23.9 Å². The molecule has 0 fully saturated rings. The Morgan fingerprint density at radius 2 is 1.68 bits per heavy atom. The molecule has 197 valence electrons. The number of hydrogen-bond acceptors (Lipinski definition) is 5. The molecule has 38 heavy (non-hydrogen) atoms. The summed E-state index contributed by atoms with van der Waals surface area (Å²) in [5.41, 5.74) is 1.41. The molecule has 6 aromatic rings. The van der Waals surface area contributed by atoms with E-state index >= 15 is 0 Å². The van der Waals surface area contributed by atoms with Crippen molar-refractivity contribution in [2.24, 2.45) is 0 Å². The maximum atomic E-state index is 12.5. The van der Waals surface area contributed by atoms with Gasteiger partial charge in [-0.15, -0.1) is 12.1 Å². The maximum Gasteiger partial charge on any atom is 0.433 e. The van der Waals surface area contributed by atoms with E-state index in [1.54, 1.807) is 12.3 Å². The van der Waals surface area contributed by atoms with Gasteiger partial charge in [-0.1, -0.05) is 36.2 Å². The summed E-state index contributed by atoms with van der Waals surface area (Å²) >= 11 is 0. The van der Waals surface area contributed by atoms with Crippen LogP contribution in [0.1, 0.15) is 11.5 Å². The number of rotatable bonds is 2. The number of fused-ring (bicyclic) bond motifs is 3. The molecule has 0 atom stereocenters. The molecule has 1 aromatic carbocycles. The van der Waals surface area contributed by atoms with Crippen molar-refractivity contribution in [1.82, 2.24) is 40.1 Å². The molecule has 6 rings (SSSR count). The van der Waals surface area contributed by atoms with Crippen molar-refractivity contribution < 1.29 is 46.4 Å². The first-order chi connectivity index (χ1) is 17.6. The van der Waals surface area contributed by atoms with E-state index in [9.17, 15) is 26.3 Å². The number of halogens is 6. The van der Waals surface area contributed by atoms with Crippen molar-refractivity contribution in [1.29, 1.82) is 0 Å². The van der Waals surface area contributed by atoms with Gasteiger partial charge in [0.1, 0.15) is 5.82 Å². The summed E-state index contributed by atoms with van der Waals surface area (Å²) < 4.78 is 74.2. The molecule has 0 aliphatic heterocycles. The molecule has 0 saturated heterocycles. The molecule has 0 aliphatic rings. The van der Waals surface area contributed by atoms with Crippen LogP contribution >= 0.6 is 0 Å². The number of para-hydroxylation sites is 1. The van der Waals surface area contributed by atoms with Gasteiger partial charge >= 0.3 is 12.4 Å². The molecule has 0 aliphatic carbocycles. The van der Waals surface area contributed by atoms with Gasteiger partial charge in [0, 0.05) is 42.6 Å². The van der Waals surface area contributed by atoms with Crippen LogP contribution in [0, 0.1) is 6.07 Å². The molecule has 5 aromatic heterocycles. The number of H-pyrrole nitrogens is 2. The van der Waals surface area contributed by atoms with Crippen LogP contribution < -0.4 is 5.10 Å². The van der Waals surface area contributed by atoms with Gasteiger partial charge in [-0.3, -0.25) is 15.1 Å². The first-order valence-electron chi connectivity index (χ1n) is 10.4. The van der Waals surface area contributed by atoms with Gasteiger partial charge < -0.3 is 25.0 Å². The summed E-state index contributed by atoms with van der Waals surface area (Å²) in [7, 11) is 0. The van der Waals surface area contributed by atoms with Gasteiger partial charge in [-0.25, -0.2) is 0 Å². The standard InChI is InChI=1S/C14H7F3N5.C9H5F3N3.Ir/c15-14(16,17)13-20-12(21-22-13)10-5-8-7-3-1-2-4-9(7)19-11(8)6-18-10;10-9(11,12)7-5-14-8(15-7)6-2-1-3-13-4-6;/h1-6,19H;1,3-5H,(H,14,15);/q2*-1;. The Bertz CT molecular complexity index is 1670. The Labute approximate surface area is 222 Å². The van der Waals surface area contributed by atoms with E-state index in [1.165, 1.54) is 18.5 Å². The van der Waals surface area contributed by atoms with Crippen molar-refractivity contribution in [2.75, 3.05) is 0 Å². The van der Waals surface area contributed by atoms with E-state index in [2.05, 4.69) is 46.2 Å². The molecule has 2 N–H and O–H groups in total. The number of pyridine rings is 2. The molecule has 15 heteroatoms. The number of aromatic amines is 2. The second-order valence-corrected chi connectivity index (χ2v) is 7.53. The summed E-state index contributed by atoms with van der Waals surface area (Å²) in [6, 6.07) is 13.5. The van der Waals surface area contributed by atoms with Crippen molar-refractivity contribution in [3.63, 3.8) is 0 Å². The number of benzene rings is 1. The zero-order chi connectivity index (χ0) is 26.2. The maximum absolute atomic E-state index is 12.5. The number of aromatic nitrogens is 8. The van der Waals surface area contributed by atoms with Crippen LogP contribution in [0.4, 0.5) is 26.3 Å². The Morgan fingerprint density at radius 1 is 0.895 bits per heavy atom. The van der Waals surface area contributed by atoms with Crippen LogP contribution in [-0.4, -0.2) is 35.0 Å². The van der Waals surface area contributed by atoms with Gasteiger partial charge in [0.25, 0.3) is 0 Å². The molecule has 5 heterocycles. The molecule has 1 radical (unpaired) electrons. The number of nitrogens with zero attached hydrogens (tertiary/aromatic N) is 6. The molecule has 0 amide bonds. The summed E-state index contributed by atoms with van der Waals surface area (Å²) in [5.74, 6) is -1.29. The van der Waals surface area contributed by atoms with Crippen LogP contribution in [0.2, 0.25) is 0 Å². The van der Waals surface area contributed by atoms with E-state index in [0.29, 0.717) is 5.56 Å². The summed E-state index contributed by atoms with van der Waals surface area (Å²) in [4.78, 5) is 20.3. The molecule has 8 nitrogen and oxygen atoms in total. The minimum absolute atomic E-state index is 0. The SMILES string of the molecule is FC(F)(F)c1c[nH]c(-c2[c-]ccnc2)n1.FC(F)(F)c1n[n-]c(-c2cc3c(cn2)[nH]c2ccccc23)n1.[Ir]. The Balaban J connectivity index is 0.000000185. The summed E-state index contributed by atoms with van der Waals surface area (Å²) in [6.07, 6.45) is -3.81. The molecule has 0 spiro atoms. The minimum atomic E-state index is -4.61. The second-order valence-electron chi connectivity index (χ2n) is 7.53. The average molecular weight is 707 g/mol. The van der Waals surface area contributed by atoms with Crippen LogP contribution in [0.25, 0.3) is 44.7 Å². The third-order valence-corrected chi connectivity index (χ3v) is 5.05. The first kappa shape index (κ1) is 26.9. The van der Waals surface area contributed by atoms with Gasteiger partial charge in [0.2, 0.25) is 0 Å². The first-order valence-corrected chi connectivity index (χ1v) is 10.4. The largest absolute Gasteiger partial charge is 0.433 e. The summed E-state index contributed by atoms with van der Waals surface area (Å²) in [5, 5.41) is 8.33. The van der Waals surface area contributed by atoms with Gasteiger partial charge in [0.05, 0.1) is 23.2 Å². The van der Waals surface area contributed by atoms with Crippen molar-refractivity contribution >= 4 is 21.8 Å². The van der Waals surface area contributed by atoms with Crippen LogP contribution in [0.5, 0.6) is 0 Å². The van der Waals surface area contributed by atoms with E-state index in [1.807, 2.05) is 24.3 Å². The van der Waals surface area contributed by atoms with E-state index in [-0.39, 0.29) is 37.4 Å². The zero-order valence-electron chi connectivity index (χ0n) is 18.6. The van der Waals surface area contributed by atoms with Gasteiger partial charge in [0.15, 0.2) is 5.69 Å². The normalized spacial score (nSPS) is 11.7. The molecule has 0 saturated carbocycles. The number of imidazole rings is 1. The Kier molecular flexibility index (Phi) is 7.33. The quantitative estimate of drug-likeness (QED) is 0.184. The monoisotopic (exact) mass is 707 g/mol. The average Bonchev–Trinajstić information content (AvgIpc) is 3.62. The predicted molar refractivity (Wildman–Crippen MR) is 119 cm³/mol. The van der Waals surface area contributed by atoms with Crippen molar-refractivity contribution in [3.8, 4) is 22.9 Å². The topological polar surface area (TPSA) is 110 Å². The molecule has 0 unspecified atom stereocenters. The smallest absolute Gasteiger partial charge is 0.413 e. The van der Waals surface area contributed by atoms with Crippen molar-refractivity contribution in [2.45, 2.75) is 12.4 Å². The van der Waals surface area contributed by atoms with Crippen LogP contribution in [-0.2, 0) is 32.5 Å². The Morgan fingerprint density at radius 3 is 2.34 bits per heavy atom. The third kappa shape index (κ3) is 5.58. The summed E-state index contributed by atoms with van der Waals surface area (Å²) in [6.45, 7) is 0. The number of hydrogen-bond donors (Lipinski definition) is 2. The molecule has 0 bridgehead atoms. The molecular formula is C23H12F6IrN8-2. The predicted octanol–water partition coefficient (Wildman–Crippen LogP) is 5.44. The minimum Gasteiger partial charge on any atom is -0.413 e. The van der Waals surface area contributed by atoms with E-state index in [4.69, 9.17) is 0 Å². The van der Waals surface area contributed by atoms with Crippen molar-refractivity contribution in [3.05, 3.63) is 78.8 Å². The van der Waals surface area contributed by atoms with Crippen LogP contribution in [0.3, 0.4) is 0 Å². The number of alkyl halides is 6.